The molecular formula is C16H10F2N2. The molecule has 0 unspecified atom stereocenters. The summed E-state index contributed by atoms with van der Waals surface area (Å²) in [6, 6.07) is 12.7. The Bertz CT molecular complexity index is 675. The Morgan fingerprint density at radius 3 is 1.70 bits per heavy atom. The standard InChI is InChI=1S/C16H10F2N2/c17-14-7-3-1-5-12(14)11-9-19-16(20-10-11)13-6-2-4-8-15(13)18/h1-10H. The molecule has 0 atom stereocenters. The lowest BCUT2D eigenvalue weighted by Gasteiger charge is -2.04. The van der Waals surface area contributed by atoms with Gasteiger partial charge in [-0.3, -0.25) is 0 Å². The average molecular weight is 268 g/mol. The largest absolute Gasteiger partial charge is 0.236 e. The Kier molecular flexibility index (Phi) is 3.21. The highest BCUT2D eigenvalue weighted by atomic mass is 19.1. The molecule has 2 aromatic carbocycles. The van der Waals surface area contributed by atoms with Crippen molar-refractivity contribution in [2.75, 3.05) is 0 Å². The zero-order valence-corrected chi connectivity index (χ0v) is 10.4. The van der Waals surface area contributed by atoms with Gasteiger partial charge in [-0.25, -0.2) is 18.7 Å². The highest BCUT2D eigenvalue weighted by molar-refractivity contribution is 5.64. The van der Waals surface area contributed by atoms with Gasteiger partial charge in [-0.2, -0.15) is 0 Å². The van der Waals surface area contributed by atoms with Crippen molar-refractivity contribution in [1.82, 2.24) is 9.97 Å². The van der Waals surface area contributed by atoms with Gasteiger partial charge in [0.25, 0.3) is 0 Å². The number of aromatic nitrogens is 2. The van der Waals surface area contributed by atoms with Crippen molar-refractivity contribution in [3.63, 3.8) is 0 Å². The van der Waals surface area contributed by atoms with Gasteiger partial charge in [0, 0.05) is 23.5 Å². The molecule has 98 valence electrons. The van der Waals surface area contributed by atoms with Crippen LogP contribution in [0.1, 0.15) is 0 Å². The quantitative estimate of drug-likeness (QED) is 0.699. The maximum absolute atomic E-state index is 13.6. The fourth-order valence-corrected chi connectivity index (χ4v) is 1.94. The van der Waals surface area contributed by atoms with Crippen LogP contribution in [0.15, 0.2) is 60.9 Å². The summed E-state index contributed by atoms with van der Waals surface area (Å²) in [5.74, 6) is -0.441. The van der Waals surface area contributed by atoms with Gasteiger partial charge in [-0.05, 0) is 18.2 Å². The molecule has 0 spiro atoms. The van der Waals surface area contributed by atoms with Crippen LogP contribution in [0, 0.1) is 11.6 Å². The maximum atomic E-state index is 13.6. The molecule has 3 rings (SSSR count). The van der Waals surface area contributed by atoms with Crippen molar-refractivity contribution in [1.29, 1.82) is 0 Å². The van der Waals surface area contributed by atoms with E-state index >= 15 is 0 Å². The third-order valence-electron chi connectivity index (χ3n) is 2.95. The fraction of sp³-hybridized carbons (Fsp3) is 0. The first-order chi connectivity index (χ1) is 9.75. The molecule has 0 saturated heterocycles. The first kappa shape index (κ1) is 12.4. The van der Waals surface area contributed by atoms with Crippen LogP contribution >= 0.6 is 0 Å². The van der Waals surface area contributed by atoms with Crippen molar-refractivity contribution in [2.45, 2.75) is 0 Å². The molecule has 0 amide bonds. The third-order valence-corrected chi connectivity index (χ3v) is 2.95. The topological polar surface area (TPSA) is 25.8 Å². The lowest BCUT2D eigenvalue weighted by molar-refractivity contribution is 0.629. The average Bonchev–Trinajstić information content (AvgIpc) is 2.49. The van der Waals surface area contributed by atoms with E-state index in [1.807, 2.05) is 0 Å². The van der Waals surface area contributed by atoms with Gasteiger partial charge >= 0.3 is 0 Å². The molecule has 1 heterocycles. The Morgan fingerprint density at radius 1 is 0.650 bits per heavy atom. The van der Waals surface area contributed by atoms with Crippen molar-refractivity contribution in [2.24, 2.45) is 0 Å². The van der Waals surface area contributed by atoms with Gasteiger partial charge in [0.05, 0.1) is 5.56 Å². The van der Waals surface area contributed by atoms with Gasteiger partial charge in [-0.15, -0.1) is 0 Å². The number of nitrogens with zero attached hydrogens (tertiary/aromatic N) is 2. The summed E-state index contributed by atoms with van der Waals surface area (Å²) in [7, 11) is 0. The second kappa shape index (κ2) is 5.17. The van der Waals surface area contributed by atoms with Crippen LogP contribution < -0.4 is 0 Å². The van der Waals surface area contributed by atoms with E-state index in [9.17, 15) is 8.78 Å². The molecule has 0 fully saturated rings. The number of hydrogen-bond donors (Lipinski definition) is 0. The van der Waals surface area contributed by atoms with Gasteiger partial charge in [0.15, 0.2) is 5.82 Å². The monoisotopic (exact) mass is 268 g/mol. The summed E-state index contributed by atoms with van der Waals surface area (Å²) in [5, 5.41) is 0. The molecule has 0 aliphatic rings. The molecule has 4 heteroatoms. The predicted octanol–water partition coefficient (Wildman–Crippen LogP) is 4.09. The zero-order valence-electron chi connectivity index (χ0n) is 10.4. The number of benzene rings is 2. The van der Waals surface area contributed by atoms with Crippen LogP contribution in [-0.4, -0.2) is 9.97 Å². The maximum Gasteiger partial charge on any atom is 0.162 e. The normalized spacial score (nSPS) is 10.5. The molecule has 1 aromatic heterocycles. The lowest BCUT2D eigenvalue weighted by Crippen LogP contribution is -1.93. The highest BCUT2D eigenvalue weighted by Gasteiger charge is 2.09. The second-order valence-electron chi connectivity index (χ2n) is 4.26. The number of halogens is 2. The van der Waals surface area contributed by atoms with E-state index in [1.165, 1.54) is 24.5 Å². The van der Waals surface area contributed by atoms with Gasteiger partial charge < -0.3 is 0 Å². The van der Waals surface area contributed by atoms with Crippen LogP contribution in [0.4, 0.5) is 8.78 Å². The fourth-order valence-electron chi connectivity index (χ4n) is 1.94. The van der Waals surface area contributed by atoms with Crippen molar-refractivity contribution < 1.29 is 8.78 Å². The summed E-state index contributed by atoms with van der Waals surface area (Å²) >= 11 is 0. The van der Waals surface area contributed by atoms with Crippen molar-refractivity contribution >= 4 is 0 Å². The van der Waals surface area contributed by atoms with E-state index in [2.05, 4.69) is 9.97 Å². The summed E-state index contributed by atoms with van der Waals surface area (Å²) in [6.45, 7) is 0. The summed E-state index contributed by atoms with van der Waals surface area (Å²) in [4.78, 5) is 8.22. The Hall–Kier alpha value is -2.62. The smallest absolute Gasteiger partial charge is 0.162 e. The Balaban J connectivity index is 2.01. The first-order valence-corrected chi connectivity index (χ1v) is 6.07. The van der Waals surface area contributed by atoms with Crippen LogP contribution in [-0.2, 0) is 0 Å². The van der Waals surface area contributed by atoms with Crippen LogP contribution in [0.5, 0.6) is 0 Å². The molecule has 0 bridgehead atoms. The van der Waals surface area contributed by atoms with Gasteiger partial charge in [-0.1, -0.05) is 30.3 Å². The third kappa shape index (κ3) is 2.28. The first-order valence-electron chi connectivity index (χ1n) is 6.07. The van der Waals surface area contributed by atoms with E-state index in [1.54, 1.807) is 36.4 Å². The van der Waals surface area contributed by atoms with E-state index in [0.717, 1.165) is 0 Å². The zero-order chi connectivity index (χ0) is 13.9. The Morgan fingerprint density at radius 2 is 1.15 bits per heavy atom. The van der Waals surface area contributed by atoms with Crippen LogP contribution in [0.3, 0.4) is 0 Å². The minimum Gasteiger partial charge on any atom is -0.236 e. The molecule has 0 aliphatic heterocycles. The van der Waals surface area contributed by atoms with Crippen molar-refractivity contribution in [3.8, 4) is 22.5 Å². The van der Waals surface area contributed by atoms with Crippen LogP contribution in [0.25, 0.3) is 22.5 Å². The molecular weight excluding hydrogens is 258 g/mol. The summed E-state index contributed by atoms with van der Waals surface area (Å²) in [6.07, 6.45) is 2.99. The molecule has 0 aliphatic carbocycles. The van der Waals surface area contributed by atoms with Crippen molar-refractivity contribution in [3.05, 3.63) is 72.6 Å². The highest BCUT2D eigenvalue weighted by Crippen LogP contribution is 2.23. The van der Waals surface area contributed by atoms with E-state index in [4.69, 9.17) is 0 Å². The molecule has 2 nitrogen and oxygen atoms in total. The molecule has 0 radical (unpaired) electrons. The molecule has 20 heavy (non-hydrogen) atoms. The molecule has 0 saturated carbocycles. The lowest BCUT2D eigenvalue weighted by atomic mass is 10.1. The Labute approximate surface area is 114 Å². The number of hydrogen-bond acceptors (Lipinski definition) is 2. The SMILES string of the molecule is Fc1ccccc1-c1cnc(-c2ccccc2F)nc1. The van der Waals surface area contributed by atoms with Gasteiger partial charge in [0.1, 0.15) is 11.6 Å². The summed E-state index contributed by atoms with van der Waals surface area (Å²) < 4.78 is 27.3. The van der Waals surface area contributed by atoms with E-state index in [-0.39, 0.29) is 17.5 Å². The minimum atomic E-state index is -0.383. The number of rotatable bonds is 2. The summed E-state index contributed by atoms with van der Waals surface area (Å²) in [5.41, 5.74) is 1.31. The van der Waals surface area contributed by atoms with Gasteiger partial charge in [0.2, 0.25) is 0 Å². The van der Waals surface area contributed by atoms with Crippen LogP contribution in [0.2, 0.25) is 0 Å². The molecule has 3 aromatic rings. The minimum absolute atomic E-state index is 0.281. The van der Waals surface area contributed by atoms with E-state index in [0.29, 0.717) is 16.7 Å². The predicted molar refractivity (Wildman–Crippen MR) is 72.8 cm³/mol. The molecule has 0 N–H and O–H groups in total. The second-order valence-corrected chi connectivity index (χ2v) is 4.26. The van der Waals surface area contributed by atoms with E-state index < -0.39 is 0 Å².